The Balaban J connectivity index is 1.38. The van der Waals surface area contributed by atoms with Gasteiger partial charge in [-0.2, -0.15) is 0 Å². The number of pyridine rings is 1. The fourth-order valence-corrected chi connectivity index (χ4v) is 4.30. The van der Waals surface area contributed by atoms with E-state index in [1.807, 2.05) is 61.7 Å². The van der Waals surface area contributed by atoms with Gasteiger partial charge in [-0.05, 0) is 60.2 Å². The Morgan fingerprint density at radius 3 is 2.63 bits per heavy atom. The van der Waals surface area contributed by atoms with Crippen molar-refractivity contribution >= 4 is 5.78 Å². The molecular formula is C25H23NO4. The Kier molecular flexibility index (Phi) is 4.55. The SMILES string of the molecule is Cc1cc(CC(=O)C2(c3ccc4c(c3)OCO4)CC2)ncc1-c1ccccc1CO. The maximum Gasteiger partial charge on any atom is 0.231 e. The van der Waals surface area contributed by atoms with Gasteiger partial charge in [-0.15, -0.1) is 0 Å². The maximum absolute atomic E-state index is 13.2. The van der Waals surface area contributed by atoms with E-state index in [2.05, 4.69) is 4.98 Å². The molecule has 152 valence electrons. The lowest BCUT2D eigenvalue weighted by atomic mass is 9.88. The number of fused-ring (bicyclic) bond motifs is 1. The van der Waals surface area contributed by atoms with Gasteiger partial charge >= 0.3 is 0 Å². The van der Waals surface area contributed by atoms with Crippen molar-refractivity contribution in [1.29, 1.82) is 0 Å². The smallest absolute Gasteiger partial charge is 0.231 e. The number of hydrogen-bond acceptors (Lipinski definition) is 5. The van der Waals surface area contributed by atoms with Gasteiger partial charge in [-0.1, -0.05) is 30.3 Å². The summed E-state index contributed by atoms with van der Waals surface area (Å²) in [5, 5.41) is 9.63. The minimum absolute atomic E-state index is 0.0199. The highest BCUT2D eigenvalue weighted by Gasteiger charge is 2.51. The van der Waals surface area contributed by atoms with Gasteiger partial charge in [-0.25, -0.2) is 0 Å². The van der Waals surface area contributed by atoms with Crippen LogP contribution < -0.4 is 9.47 Å². The first kappa shape index (κ1) is 18.8. The summed E-state index contributed by atoms with van der Waals surface area (Å²) in [6.45, 7) is 2.23. The average Bonchev–Trinajstić information content (AvgIpc) is 3.45. The van der Waals surface area contributed by atoms with Crippen LogP contribution in [-0.2, 0) is 23.2 Å². The molecule has 2 aliphatic rings. The molecule has 1 aromatic heterocycles. The number of hydrogen-bond donors (Lipinski definition) is 1. The highest BCUT2D eigenvalue weighted by Crippen LogP contribution is 2.51. The molecule has 0 saturated heterocycles. The second kappa shape index (κ2) is 7.26. The zero-order chi connectivity index (χ0) is 20.7. The van der Waals surface area contributed by atoms with Crippen LogP contribution in [0.4, 0.5) is 0 Å². The molecule has 5 nitrogen and oxygen atoms in total. The van der Waals surface area contributed by atoms with Gasteiger partial charge in [0.15, 0.2) is 11.5 Å². The molecule has 5 heteroatoms. The van der Waals surface area contributed by atoms with E-state index in [4.69, 9.17) is 9.47 Å². The van der Waals surface area contributed by atoms with E-state index >= 15 is 0 Å². The Morgan fingerprint density at radius 2 is 1.87 bits per heavy atom. The third-order valence-corrected chi connectivity index (χ3v) is 6.20. The van der Waals surface area contributed by atoms with Crippen LogP contribution in [0.1, 0.15) is 35.2 Å². The number of benzene rings is 2. The molecule has 2 heterocycles. The molecule has 0 radical (unpaired) electrons. The van der Waals surface area contributed by atoms with Crippen LogP contribution >= 0.6 is 0 Å². The average molecular weight is 401 g/mol. The van der Waals surface area contributed by atoms with Crippen molar-refractivity contribution in [1.82, 2.24) is 4.98 Å². The fourth-order valence-electron chi connectivity index (χ4n) is 4.30. The topological polar surface area (TPSA) is 68.7 Å². The highest BCUT2D eigenvalue weighted by molar-refractivity contribution is 5.94. The Labute approximate surface area is 175 Å². The Morgan fingerprint density at radius 1 is 1.07 bits per heavy atom. The molecule has 0 unspecified atom stereocenters. The summed E-state index contributed by atoms with van der Waals surface area (Å²) < 4.78 is 10.9. The fraction of sp³-hybridized carbons (Fsp3) is 0.280. The minimum atomic E-state index is -0.432. The summed E-state index contributed by atoms with van der Waals surface area (Å²) >= 11 is 0. The molecule has 5 rings (SSSR count). The summed E-state index contributed by atoms with van der Waals surface area (Å²) in [6, 6.07) is 15.6. The van der Waals surface area contributed by atoms with Crippen molar-refractivity contribution in [3.8, 4) is 22.6 Å². The molecule has 0 amide bonds. The lowest BCUT2D eigenvalue weighted by Gasteiger charge is -2.16. The molecule has 1 N–H and O–H groups in total. The largest absolute Gasteiger partial charge is 0.454 e. The van der Waals surface area contributed by atoms with E-state index in [1.54, 1.807) is 0 Å². The van der Waals surface area contributed by atoms with E-state index in [-0.39, 0.29) is 19.2 Å². The minimum Gasteiger partial charge on any atom is -0.454 e. The van der Waals surface area contributed by atoms with Crippen LogP contribution in [0.25, 0.3) is 11.1 Å². The molecule has 1 saturated carbocycles. The second-order valence-corrected chi connectivity index (χ2v) is 8.06. The number of ketones is 1. The number of carbonyl (C=O) groups excluding carboxylic acids is 1. The first-order chi connectivity index (χ1) is 14.6. The van der Waals surface area contributed by atoms with Crippen molar-refractivity contribution in [2.24, 2.45) is 0 Å². The molecule has 30 heavy (non-hydrogen) atoms. The monoisotopic (exact) mass is 401 g/mol. The van der Waals surface area contributed by atoms with E-state index in [1.165, 1.54) is 0 Å². The Bertz CT molecular complexity index is 1130. The van der Waals surface area contributed by atoms with Crippen molar-refractivity contribution in [2.75, 3.05) is 6.79 Å². The summed E-state index contributed by atoms with van der Waals surface area (Å²) in [6.07, 6.45) is 3.82. The van der Waals surface area contributed by atoms with Crippen molar-refractivity contribution < 1.29 is 19.4 Å². The number of aliphatic hydroxyl groups excluding tert-OH is 1. The van der Waals surface area contributed by atoms with Crippen LogP contribution in [-0.4, -0.2) is 22.7 Å². The molecule has 2 aromatic carbocycles. The zero-order valence-corrected chi connectivity index (χ0v) is 16.9. The van der Waals surface area contributed by atoms with Gasteiger partial charge in [0.1, 0.15) is 5.78 Å². The third kappa shape index (κ3) is 3.15. The third-order valence-electron chi connectivity index (χ3n) is 6.20. The highest BCUT2D eigenvalue weighted by atomic mass is 16.7. The van der Waals surface area contributed by atoms with Gasteiger partial charge in [0.2, 0.25) is 6.79 Å². The molecule has 3 aromatic rings. The molecule has 1 aliphatic heterocycles. The summed E-state index contributed by atoms with van der Waals surface area (Å²) in [4.78, 5) is 17.8. The maximum atomic E-state index is 13.2. The Hall–Kier alpha value is -3.18. The molecule has 1 fully saturated rings. The second-order valence-electron chi connectivity index (χ2n) is 8.06. The van der Waals surface area contributed by atoms with Crippen molar-refractivity contribution in [3.63, 3.8) is 0 Å². The predicted molar refractivity (Wildman–Crippen MR) is 113 cm³/mol. The van der Waals surface area contributed by atoms with Gasteiger partial charge < -0.3 is 14.6 Å². The number of nitrogens with zero attached hydrogens (tertiary/aromatic N) is 1. The molecule has 0 spiro atoms. The normalized spacial score (nSPS) is 15.8. The van der Waals surface area contributed by atoms with Gasteiger partial charge in [0.25, 0.3) is 0 Å². The van der Waals surface area contributed by atoms with Crippen LogP contribution in [0, 0.1) is 6.92 Å². The van der Waals surface area contributed by atoms with Crippen LogP contribution in [0.3, 0.4) is 0 Å². The van der Waals surface area contributed by atoms with E-state index in [0.29, 0.717) is 12.2 Å². The van der Waals surface area contributed by atoms with Gasteiger partial charge in [0.05, 0.1) is 12.0 Å². The van der Waals surface area contributed by atoms with Gasteiger partial charge in [-0.3, -0.25) is 9.78 Å². The first-order valence-corrected chi connectivity index (χ1v) is 10.2. The van der Waals surface area contributed by atoms with E-state index < -0.39 is 5.41 Å². The number of aliphatic hydroxyl groups is 1. The summed E-state index contributed by atoms with van der Waals surface area (Å²) in [5.41, 5.74) is 5.21. The number of rotatable bonds is 6. The first-order valence-electron chi connectivity index (χ1n) is 10.2. The lowest BCUT2D eigenvalue weighted by molar-refractivity contribution is -0.120. The quantitative estimate of drug-likeness (QED) is 0.673. The van der Waals surface area contributed by atoms with Crippen LogP contribution in [0.5, 0.6) is 11.5 Å². The standard InChI is InChI=1S/C25H23NO4/c1-16-10-19(26-13-21(16)20-5-3-2-4-17(20)14-27)12-24(28)25(8-9-25)18-6-7-22-23(11-18)30-15-29-22/h2-7,10-11,13,27H,8-9,12,14-15H2,1H3. The number of Topliss-reactive ketones (excluding diaryl/α,β-unsaturated/α-hetero) is 1. The van der Waals surface area contributed by atoms with Crippen LogP contribution in [0.15, 0.2) is 54.7 Å². The van der Waals surface area contributed by atoms with Gasteiger partial charge in [0, 0.05) is 23.9 Å². The summed E-state index contributed by atoms with van der Waals surface area (Å²) in [7, 11) is 0. The number of ether oxygens (including phenoxy) is 2. The van der Waals surface area contributed by atoms with Crippen LogP contribution in [0.2, 0.25) is 0 Å². The van der Waals surface area contributed by atoms with E-state index in [0.717, 1.165) is 52.1 Å². The predicted octanol–water partition coefficient (Wildman–Crippen LogP) is 4.12. The lowest BCUT2D eigenvalue weighted by Crippen LogP contribution is -2.23. The number of aromatic nitrogens is 1. The summed E-state index contributed by atoms with van der Waals surface area (Å²) in [5.74, 6) is 1.64. The zero-order valence-electron chi connectivity index (χ0n) is 16.9. The number of carbonyl (C=O) groups is 1. The molecule has 0 atom stereocenters. The van der Waals surface area contributed by atoms with Crippen molar-refractivity contribution in [2.45, 2.75) is 38.2 Å². The molecule has 1 aliphatic carbocycles. The molecule has 0 bridgehead atoms. The van der Waals surface area contributed by atoms with E-state index in [9.17, 15) is 9.90 Å². The number of aryl methyl sites for hydroxylation is 1. The molecular weight excluding hydrogens is 378 g/mol. The van der Waals surface area contributed by atoms with Crippen molar-refractivity contribution in [3.05, 3.63) is 77.1 Å².